The summed E-state index contributed by atoms with van der Waals surface area (Å²) in [7, 11) is -2.48. The van der Waals surface area contributed by atoms with Crippen LogP contribution in [0.1, 0.15) is 28.4 Å². The second-order valence-corrected chi connectivity index (χ2v) is 11.7. The lowest BCUT2D eigenvalue weighted by Crippen LogP contribution is -2.52. The largest absolute Gasteiger partial charge is 0.357 e. The van der Waals surface area contributed by atoms with E-state index in [0.717, 1.165) is 16.1 Å². The van der Waals surface area contributed by atoms with Crippen LogP contribution in [0.3, 0.4) is 0 Å². The highest BCUT2D eigenvalue weighted by molar-refractivity contribution is 7.92. The van der Waals surface area contributed by atoms with Crippen LogP contribution >= 0.6 is 23.2 Å². The fourth-order valence-electron chi connectivity index (χ4n) is 4.05. The number of nitrogens with one attached hydrogen (secondary N) is 1. The first kappa shape index (κ1) is 30.1. The monoisotopic (exact) mass is 589 g/mol. The molecule has 0 spiro atoms. The summed E-state index contributed by atoms with van der Waals surface area (Å²) < 4.78 is 26.6. The number of likely N-dealkylation sites (N-methyl/N-ethyl adjacent to an activating group) is 1. The molecule has 39 heavy (non-hydrogen) atoms. The summed E-state index contributed by atoms with van der Waals surface area (Å²) in [6.07, 6.45) is 1.16. The average molecular weight is 591 g/mol. The quantitative estimate of drug-likeness (QED) is 0.335. The van der Waals surface area contributed by atoms with Crippen LogP contribution < -0.4 is 9.62 Å². The smallest absolute Gasteiger partial charge is 0.244 e. The average Bonchev–Trinajstić information content (AvgIpc) is 2.90. The van der Waals surface area contributed by atoms with Crippen molar-refractivity contribution in [3.05, 3.63) is 99.5 Å². The van der Waals surface area contributed by atoms with Gasteiger partial charge in [-0.3, -0.25) is 18.7 Å². The van der Waals surface area contributed by atoms with Crippen molar-refractivity contribution >= 4 is 56.5 Å². The SMILES string of the molecule is CNC(=O)[C@@H](Cc1ccccc1)N(Cc1ccc(Cl)c(Cl)c1)C(=O)CN(c1cccc(C(C)=O)c1)S(C)(=O)=O. The zero-order valence-electron chi connectivity index (χ0n) is 21.7. The molecule has 11 heteroatoms. The summed E-state index contributed by atoms with van der Waals surface area (Å²) in [5.41, 5.74) is 1.87. The fourth-order valence-corrected chi connectivity index (χ4v) is 5.21. The minimum absolute atomic E-state index is 0.0360. The molecule has 8 nitrogen and oxygen atoms in total. The molecule has 3 aromatic carbocycles. The number of rotatable bonds is 11. The van der Waals surface area contributed by atoms with Crippen molar-refractivity contribution < 1.29 is 22.8 Å². The van der Waals surface area contributed by atoms with E-state index in [2.05, 4.69) is 5.32 Å². The van der Waals surface area contributed by atoms with E-state index in [9.17, 15) is 22.8 Å². The molecule has 0 saturated carbocycles. The molecule has 1 N–H and O–H groups in total. The Hall–Kier alpha value is -3.40. The summed E-state index contributed by atoms with van der Waals surface area (Å²) in [6.45, 7) is 0.737. The molecule has 0 fully saturated rings. The summed E-state index contributed by atoms with van der Waals surface area (Å²) >= 11 is 12.3. The lowest BCUT2D eigenvalue weighted by atomic mass is 10.0. The lowest BCUT2D eigenvalue weighted by molar-refractivity contribution is -0.139. The molecule has 0 aliphatic rings. The molecule has 0 aliphatic carbocycles. The van der Waals surface area contributed by atoms with Gasteiger partial charge in [-0.2, -0.15) is 0 Å². The highest BCUT2D eigenvalue weighted by atomic mass is 35.5. The van der Waals surface area contributed by atoms with Crippen LogP contribution in [0.2, 0.25) is 10.0 Å². The molecule has 0 aliphatic heterocycles. The maximum Gasteiger partial charge on any atom is 0.244 e. The highest BCUT2D eigenvalue weighted by Crippen LogP contribution is 2.25. The third-order valence-electron chi connectivity index (χ3n) is 6.07. The van der Waals surface area contributed by atoms with E-state index in [1.54, 1.807) is 30.3 Å². The third kappa shape index (κ3) is 8.05. The minimum atomic E-state index is -3.95. The number of Topliss-reactive ketones (excluding diaryl/α,β-unsaturated/α-hetero) is 1. The number of benzene rings is 3. The van der Waals surface area contributed by atoms with E-state index in [-0.39, 0.29) is 29.5 Å². The summed E-state index contributed by atoms with van der Waals surface area (Å²) in [6, 6.07) is 19.1. The number of anilines is 1. The molecule has 0 saturated heterocycles. The molecule has 3 rings (SSSR count). The van der Waals surface area contributed by atoms with Gasteiger partial charge in [0.05, 0.1) is 22.0 Å². The van der Waals surface area contributed by atoms with Crippen LogP contribution in [-0.2, 0) is 32.6 Å². The second kappa shape index (κ2) is 13.1. The van der Waals surface area contributed by atoms with Gasteiger partial charge >= 0.3 is 0 Å². The van der Waals surface area contributed by atoms with Crippen LogP contribution in [-0.4, -0.2) is 56.8 Å². The lowest BCUT2D eigenvalue weighted by Gasteiger charge is -2.33. The zero-order chi connectivity index (χ0) is 28.7. The Morgan fingerprint density at radius 1 is 0.897 bits per heavy atom. The molecule has 0 radical (unpaired) electrons. The van der Waals surface area contributed by atoms with Crippen LogP contribution in [0, 0.1) is 0 Å². The summed E-state index contributed by atoms with van der Waals surface area (Å²) in [5, 5.41) is 3.22. The Kier molecular flexibility index (Phi) is 10.1. The number of halogens is 2. The van der Waals surface area contributed by atoms with Crippen LogP contribution in [0.4, 0.5) is 5.69 Å². The third-order valence-corrected chi connectivity index (χ3v) is 7.95. The first-order valence-electron chi connectivity index (χ1n) is 12.0. The van der Waals surface area contributed by atoms with Gasteiger partial charge < -0.3 is 10.2 Å². The van der Waals surface area contributed by atoms with Gasteiger partial charge in [-0.1, -0.05) is 71.7 Å². The second-order valence-electron chi connectivity index (χ2n) is 8.97. The van der Waals surface area contributed by atoms with Gasteiger partial charge in [-0.15, -0.1) is 0 Å². The van der Waals surface area contributed by atoms with E-state index in [0.29, 0.717) is 16.1 Å². The first-order chi connectivity index (χ1) is 18.4. The van der Waals surface area contributed by atoms with Gasteiger partial charge in [0.2, 0.25) is 21.8 Å². The zero-order valence-corrected chi connectivity index (χ0v) is 24.1. The number of carbonyl (C=O) groups excluding carboxylic acids is 3. The molecule has 0 bridgehead atoms. The fraction of sp³-hybridized carbons (Fsp3) is 0.250. The Bertz CT molecular complexity index is 1470. The number of amides is 2. The van der Waals surface area contributed by atoms with Crippen LogP contribution in [0.15, 0.2) is 72.8 Å². The van der Waals surface area contributed by atoms with Crippen molar-refractivity contribution in [2.24, 2.45) is 0 Å². The number of sulfonamides is 1. The number of ketones is 1. The summed E-state index contributed by atoms with van der Waals surface area (Å²) in [5.74, 6) is -1.29. The Balaban J connectivity index is 2.06. The van der Waals surface area contributed by atoms with Crippen molar-refractivity contribution in [3.63, 3.8) is 0 Å². The van der Waals surface area contributed by atoms with E-state index < -0.39 is 34.4 Å². The number of hydrogen-bond acceptors (Lipinski definition) is 5. The maximum atomic E-state index is 13.9. The number of carbonyl (C=O) groups is 3. The topological polar surface area (TPSA) is 104 Å². The van der Waals surface area contributed by atoms with E-state index in [1.165, 1.54) is 31.0 Å². The molecule has 0 unspecified atom stereocenters. The molecule has 2 amide bonds. The van der Waals surface area contributed by atoms with Gasteiger partial charge in [0.1, 0.15) is 12.6 Å². The van der Waals surface area contributed by atoms with Crippen molar-refractivity contribution in [3.8, 4) is 0 Å². The molecular weight excluding hydrogens is 561 g/mol. The van der Waals surface area contributed by atoms with E-state index >= 15 is 0 Å². The highest BCUT2D eigenvalue weighted by Gasteiger charge is 2.32. The standard InChI is InChI=1S/C28H29Cl2N3O5S/c1-19(34)22-10-7-11-23(16-22)33(39(3,37)38)18-27(35)32(17-21-12-13-24(29)25(30)14-21)26(28(36)31-2)15-20-8-5-4-6-9-20/h4-14,16,26H,15,17-18H2,1-3H3,(H,31,36)/t26-/m1/s1. The molecule has 1 atom stereocenters. The Labute approximate surface area is 238 Å². The van der Waals surface area contributed by atoms with Gasteiger partial charge in [-0.05, 0) is 42.3 Å². The molecule has 0 heterocycles. The van der Waals surface area contributed by atoms with Crippen molar-refractivity contribution in [1.82, 2.24) is 10.2 Å². The number of hydrogen-bond donors (Lipinski definition) is 1. The molecule has 3 aromatic rings. The summed E-state index contributed by atoms with van der Waals surface area (Å²) in [4.78, 5) is 40.3. The van der Waals surface area contributed by atoms with Crippen molar-refractivity contribution in [2.75, 3.05) is 24.2 Å². The molecule has 206 valence electrons. The van der Waals surface area contributed by atoms with Crippen LogP contribution in [0.25, 0.3) is 0 Å². The van der Waals surface area contributed by atoms with E-state index in [4.69, 9.17) is 23.2 Å². The Morgan fingerprint density at radius 3 is 2.18 bits per heavy atom. The van der Waals surface area contributed by atoms with Gasteiger partial charge in [0.25, 0.3) is 0 Å². The van der Waals surface area contributed by atoms with Crippen molar-refractivity contribution in [1.29, 1.82) is 0 Å². The van der Waals surface area contributed by atoms with Crippen LogP contribution in [0.5, 0.6) is 0 Å². The normalized spacial score (nSPS) is 11.9. The maximum absolute atomic E-state index is 13.9. The van der Waals surface area contributed by atoms with Gasteiger partial charge in [0, 0.05) is 25.6 Å². The Morgan fingerprint density at radius 2 is 1.59 bits per heavy atom. The minimum Gasteiger partial charge on any atom is -0.357 e. The number of nitrogens with zero attached hydrogens (tertiary/aromatic N) is 2. The van der Waals surface area contributed by atoms with E-state index in [1.807, 2.05) is 30.3 Å². The van der Waals surface area contributed by atoms with Gasteiger partial charge in [-0.25, -0.2) is 8.42 Å². The van der Waals surface area contributed by atoms with Crippen molar-refractivity contribution in [2.45, 2.75) is 25.9 Å². The molecular formula is C28H29Cl2N3O5S. The van der Waals surface area contributed by atoms with Gasteiger partial charge in [0.15, 0.2) is 5.78 Å². The first-order valence-corrected chi connectivity index (χ1v) is 14.6. The predicted molar refractivity (Wildman–Crippen MR) is 154 cm³/mol. The predicted octanol–water partition coefficient (Wildman–Crippen LogP) is 4.35. The molecule has 0 aromatic heterocycles.